The van der Waals surface area contributed by atoms with Crippen LogP contribution in [0.4, 0.5) is 0 Å². The average molecular weight is 288 g/mol. The van der Waals surface area contributed by atoms with Crippen LogP contribution in [-0.4, -0.2) is 25.8 Å². The van der Waals surface area contributed by atoms with E-state index in [1.165, 1.54) is 0 Å². The Bertz CT molecular complexity index is 507. The quantitative estimate of drug-likeness (QED) is 0.856. The summed E-state index contributed by atoms with van der Waals surface area (Å²) in [4.78, 5) is 0.224. The molecule has 1 aromatic rings. The fraction of sp³-hybridized carbons (Fsp3) is 0.538. The van der Waals surface area contributed by atoms with Crippen molar-refractivity contribution in [3.05, 3.63) is 29.3 Å². The van der Waals surface area contributed by atoms with Gasteiger partial charge in [-0.1, -0.05) is 37.1 Å². The van der Waals surface area contributed by atoms with Gasteiger partial charge in [0.05, 0.1) is 5.02 Å². The molecule has 1 aliphatic rings. The fourth-order valence-electron chi connectivity index (χ4n) is 2.35. The molecule has 1 saturated heterocycles. The van der Waals surface area contributed by atoms with Gasteiger partial charge in [-0.15, -0.1) is 0 Å². The first-order valence-corrected chi connectivity index (χ1v) is 8.12. The normalized spacial score (nSPS) is 19.0. The molecule has 0 unspecified atom stereocenters. The summed E-state index contributed by atoms with van der Waals surface area (Å²) < 4.78 is 26.4. The van der Waals surface area contributed by atoms with E-state index in [-0.39, 0.29) is 4.90 Å². The van der Waals surface area contributed by atoms with Gasteiger partial charge >= 0.3 is 0 Å². The Hall–Kier alpha value is -0.580. The molecule has 1 heterocycles. The third-order valence-corrected chi connectivity index (χ3v) is 6.00. The average Bonchev–Trinajstić information content (AvgIpc) is 2.39. The third-order valence-electron chi connectivity index (χ3n) is 3.61. The van der Waals surface area contributed by atoms with Gasteiger partial charge in [0.1, 0.15) is 4.90 Å². The zero-order valence-electron chi connectivity index (χ0n) is 10.5. The molecule has 0 radical (unpaired) electrons. The Labute approximate surface area is 114 Å². The minimum Gasteiger partial charge on any atom is -0.207 e. The van der Waals surface area contributed by atoms with Crippen molar-refractivity contribution in [2.24, 2.45) is 5.92 Å². The van der Waals surface area contributed by atoms with E-state index >= 15 is 0 Å². The maximum Gasteiger partial charge on any atom is 0.244 e. The number of hydrogen-bond donors (Lipinski definition) is 0. The molecule has 0 saturated carbocycles. The van der Waals surface area contributed by atoms with Crippen molar-refractivity contribution in [1.29, 1.82) is 0 Å². The molecule has 0 bridgehead atoms. The van der Waals surface area contributed by atoms with Crippen molar-refractivity contribution in [3.8, 4) is 0 Å². The molecular formula is C13H18ClNO2S. The first-order chi connectivity index (χ1) is 8.55. The van der Waals surface area contributed by atoms with Crippen LogP contribution in [0.3, 0.4) is 0 Å². The molecule has 1 fully saturated rings. The predicted molar refractivity (Wildman–Crippen MR) is 73.2 cm³/mol. The van der Waals surface area contributed by atoms with Gasteiger partial charge in [-0.05, 0) is 30.9 Å². The van der Waals surface area contributed by atoms with Crippen LogP contribution in [-0.2, 0) is 10.0 Å². The highest BCUT2D eigenvalue weighted by Crippen LogP contribution is 2.28. The zero-order chi connectivity index (χ0) is 13.2. The van der Waals surface area contributed by atoms with Gasteiger partial charge in [-0.25, -0.2) is 8.42 Å². The molecule has 1 aliphatic heterocycles. The zero-order valence-corrected chi connectivity index (χ0v) is 12.0. The van der Waals surface area contributed by atoms with Crippen molar-refractivity contribution in [1.82, 2.24) is 4.31 Å². The van der Waals surface area contributed by atoms with Crippen molar-refractivity contribution in [2.75, 3.05) is 13.1 Å². The molecule has 2 rings (SSSR count). The van der Waals surface area contributed by atoms with Crippen LogP contribution < -0.4 is 0 Å². The van der Waals surface area contributed by atoms with E-state index in [1.807, 2.05) is 0 Å². The maximum atomic E-state index is 12.4. The second-order valence-electron chi connectivity index (χ2n) is 4.69. The Balaban J connectivity index is 2.20. The highest BCUT2D eigenvalue weighted by Gasteiger charge is 2.29. The van der Waals surface area contributed by atoms with Gasteiger partial charge in [0.2, 0.25) is 10.0 Å². The van der Waals surface area contributed by atoms with Gasteiger partial charge in [-0.3, -0.25) is 0 Å². The summed E-state index contributed by atoms with van der Waals surface area (Å²) in [6.45, 7) is 3.36. The summed E-state index contributed by atoms with van der Waals surface area (Å²) in [5, 5.41) is 0.301. The second-order valence-corrected chi connectivity index (χ2v) is 7.00. The molecular weight excluding hydrogens is 270 g/mol. The van der Waals surface area contributed by atoms with Crippen LogP contribution in [0, 0.1) is 5.92 Å². The SMILES string of the molecule is CCC1CCN(S(=O)(=O)c2ccccc2Cl)CC1. The van der Waals surface area contributed by atoms with E-state index < -0.39 is 10.0 Å². The van der Waals surface area contributed by atoms with Gasteiger partial charge in [0.15, 0.2) is 0 Å². The Morgan fingerprint density at radius 3 is 2.44 bits per heavy atom. The lowest BCUT2D eigenvalue weighted by molar-refractivity contribution is 0.269. The Kier molecular flexibility index (Phi) is 4.30. The molecule has 0 aromatic heterocycles. The van der Waals surface area contributed by atoms with Crippen LogP contribution in [0.1, 0.15) is 26.2 Å². The van der Waals surface area contributed by atoms with Crippen LogP contribution >= 0.6 is 11.6 Å². The number of benzene rings is 1. The number of piperidine rings is 1. The number of rotatable bonds is 3. The number of sulfonamides is 1. The van der Waals surface area contributed by atoms with Crippen molar-refractivity contribution >= 4 is 21.6 Å². The fourth-order valence-corrected chi connectivity index (χ4v) is 4.31. The number of halogens is 1. The largest absolute Gasteiger partial charge is 0.244 e. The van der Waals surface area contributed by atoms with Crippen molar-refractivity contribution in [2.45, 2.75) is 31.1 Å². The summed E-state index contributed by atoms with van der Waals surface area (Å²) in [5.74, 6) is 0.655. The third kappa shape index (κ3) is 2.71. The molecule has 0 spiro atoms. The lowest BCUT2D eigenvalue weighted by atomic mass is 9.96. The van der Waals surface area contributed by atoms with E-state index in [0.29, 0.717) is 24.0 Å². The topological polar surface area (TPSA) is 37.4 Å². The number of nitrogens with zero attached hydrogens (tertiary/aromatic N) is 1. The molecule has 0 aliphatic carbocycles. The second kappa shape index (κ2) is 5.59. The van der Waals surface area contributed by atoms with Crippen LogP contribution in [0.25, 0.3) is 0 Å². The van der Waals surface area contributed by atoms with Crippen LogP contribution in [0.5, 0.6) is 0 Å². The van der Waals surface area contributed by atoms with Gasteiger partial charge in [0, 0.05) is 13.1 Å². The minimum atomic E-state index is -3.42. The monoisotopic (exact) mass is 287 g/mol. The molecule has 100 valence electrons. The summed E-state index contributed by atoms with van der Waals surface area (Å²) >= 11 is 5.98. The van der Waals surface area contributed by atoms with E-state index in [2.05, 4.69) is 6.92 Å². The van der Waals surface area contributed by atoms with E-state index in [0.717, 1.165) is 19.3 Å². The Morgan fingerprint density at radius 2 is 1.89 bits per heavy atom. The van der Waals surface area contributed by atoms with Crippen molar-refractivity contribution in [3.63, 3.8) is 0 Å². The van der Waals surface area contributed by atoms with Crippen molar-refractivity contribution < 1.29 is 8.42 Å². The minimum absolute atomic E-state index is 0.224. The van der Waals surface area contributed by atoms with E-state index in [4.69, 9.17) is 11.6 Å². The maximum absolute atomic E-state index is 12.4. The van der Waals surface area contributed by atoms with E-state index in [1.54, 1.807) is 28.6 Å². The lowest BCUT2D eigenvalue weighted by Gasteiger charge is -2.30. The standard InChI is InChI=1S/C13H18ClNO2S/c1-2-11-7-9-15(10-8-11)18(16,17)13-6-4-3-5-12(13)14/h3-6,11H,2,7-10H2,1H3. The van der Waals surface area contributed by atoms with Crippen LogP contribution in [0.15, 0.2) is 29.2 Å². The smallest absolute Gasteiger partial charge is 0.207 e. The van der Waals surface area contributed by atoms with Gasteiger partial charge in [0.25, 0.3) is 0 Å². The summed E-state index contributed by atoms with van der Waals surface area (Å²) in [6, 6.07) is 6.64. The Morgan fingerprint density at radius 1 is 1.28 bits per heavy atom. The number of hydrogen-bond acceptors (Lipinski definition) is 2. The molecule has 0 N–H and O–H groups in total. The molecule has 5 heteroatoms. The molecule has 3 nitrogen and oxygen atoms in total. The first-order valence-electron chi connectivity index (χ1n) is 6.30. The van der Waals surface area contributed by atoms with E-state index in [9.17, 15) is 8.42 Å². The molecule has 1 aromatic carbocycles. The summed E-state index contributed by atoms with van der Waals surface area (Å²) in [7, 11) is -3.42. The lowest BCUT2D eigenvalue weighted by Crippen LogP contribution is -2.38. The summed E-state index contributed by atoms with van der Waals surface area (Å²) in [5.41, 5.74) is 0. The predicted octanol–water partition coefficient (Wildman–Crippen LogP) is 3.15. The van der Waals surface area contributed by atoms with Gasteiger partial charge in [-0.2, -0.15) is 4.31 Å². The summed E-state index contributed by atoms with van der Waals surface area (Å²) in [6.07, 6.45) is 3.01. The molecule has 0 atom stereocenters. The molecule has 0 amide bonds. The first kappa shape index (κ1) is 13.8. The van der Waals surface area contributed by atoms with Crippen LogP contribution in [0.2, 0.25) is 5.02 Å². The molecule has 18 heavy (non-hydrogen) atoms. The highest BCUT2D eigenvalue weighted by atomic mass is 35.5. The highest BCUT2D eigenvalue weighted by molar-refractivity contribution is 7.89. The van der Waals surface area contributed by atoms with Gasteiger partial charge < -0.3 is 0 Å².